The Morgan fingerprint density at radius 3 is 2.78 bits per heavy atom. The van der Waals surface area contributed by atoms with Crippen LogP contribution in [0, 0.1) is 5.92 Å². The van der Waals surface area contributed by atoms with Gasteiger partial charge in [0.2, 0.25) is 0 Å². The zero-order valence-electron chi connectivity index (χ0n) is 11.3. The van der Waals surface area contributed by atoms with E-state index in [-0.39, 0.29) is 5.54 Å². The summed E-state index contributed by atoms with van der Waals surface area (Å²) in [7, 11) is 0. The summed E-state index contributed by atoms with van der Waals surface area (Å²) in [5.41, 5.74) is 6.18. The molecule has 2 aliphatic carbocycles. The van der Waals surface area contributed by atoms with Gasteiger partial charge in [-0.25, -0.2) is 0 Å². The van der Waals surface area contributed by atoms with Crippen LogP contribution in [-0.2, 0) is 0 Å². The van der Waals surface area contributed by atoms with E-state index in [2.05, 4.69) is 10.2 Å². The summed E-state index contributed by atoms with van der Waals surface area (Å²) in [5.74, 6) is 0.448. The maximum Gasteiger partial charge on any atom is 0.0474 e. The van der Waals surface area contributed by atoms with Crippen LogP contribution in [0.4, 0.5) is 0 Å². The van der Waals surface area contributed by atoms with Crippen molar-refractivity contribution in [1.82, 2.24) is 10.2 Å². The first-order chi connectivity index (χ1) is 8.76. The van der Waals surface area contributed by atoms with Gasteiger partial charge in [0.15, 0.2) is 0 Å². The van der Waals surface area contributed by atoms with Crippen LogP contribution in [0.3, 0.4) is 0 Å². The van der Waals surface area contributed by atoms with E-state index in [0.29, 0.717) is 18.6 Å². The summed E-state index contributed by atoms with van der Waals surface area (Å²) in [6.45, 7) is 3.36. The molecule has 4 N–H and O–H groups in total. The minimum absolute atomic E-state index is 0.116. The molecule has 0 bridgehead atoms. The second-order valence-electron chi connectivity index (χ2n) is 6.56. The van der Waals surface area contributed by atoms with Crippen molar-refractivity contribution in [1.29, 1.82) is 0 Å². The van der Waals surface area contributed by atoms with Crippen LogP contribution < -0.4 is 11.1 Å². The van der Waals surface area contributed by atoms with Crippen molar-refractivity contribution < 1.29 is 5.11 Å². The Morgan fingerprint density at radius 1 is 1.28 bits per heavy atom. The molecule has 4 nitrogen and oxygen atoms in total. The Labute approximate surface area is 110 Å². The molecule has 104 valence electrons. The molecule has 0 aromatic heterocycles. The van der Waals surface area contributed by atoms with E-state index >= 15 is 0 Å². The van der Waals surface area contributed by atoms with E-state index in [1.807, 2.05) is 0 Å². The Bertz CT molecular complexity index is 295. The molecule has 0 amide bonds. The van der Waals surface area contributed by atoms with Crippen LogP contribution in [0.1, 0.15) is 38.5 Å². The molecule has 1 saturated heterocycles. The first kappa shape index (κ1) is 12.9. The number of hydrogen-bond acceptors (Lipinski definition) is 4. The first-order valence-corrected chi connectivity index (χ1v) is 7.59. The van der Waals surface area contributed by atoms with Gasteiger partial charge in [-0.05, 0) is 38.0 Å². The summed E-state index contributed by atoms with van der Waals surface area (Å²) in [5, 5.41) is 13.3. The lowest BCUT2D eigenvalue weighted by Crippen LogP contribution is -2.58. The fraction of sp³-hybridized carbons (Fsp3) is 1.00. The predicted octanol–water partition coefficient (Wildman–Crippen LogP) is 0.303. The Kier molecular flexibility index (Phi) is 3.63. The highest BCUT2D eigenvalue weighted by Gasteiger charge is 2.44. The summed E-state index contributed by atoms with van der Waals surface area (Å²) in [6.07, 6.45) is 7.55. The van der Waals surface area contributed by atoms with Gasteiger partial charge in [0.25, 0.3) is 0 Å². The highest BCUT2D eigenvalue weighted by Crippen LogP contribution is 2.35. The van der Waals surface area contributed by atoms with Crippen LogP contribution in [0.5, 0.6) is 0 Å². The number of nitrogens with two attached hydrogens (primary N) is 1. The molecule has 0 aromatic carbocycles. The molecule has 3 aliphatic rings. The van der Waals surface area contributed by atoms with E-state index in [4.69, 9.17) is 5.73 Å². The molecular formula is C14H27N3O. The summed E-state index contributed by atoms with van der Waals surface area (Å²) in [4.78, 5) is 2.61. The third-order valence-corrected chi connectivity index (χ3v) is 5.22. The minimum atomic E-state index is 0.116. The normalized spacial score (nSPS) is 41.7. The van der Waals surface area contributed by atoms with Gasteiger partial charge in [0.1, 0.15) is 0 Å². The van der Waals surface area contributed by atoms with E-state index in [0.717, 1.165) is 19.1 Å². The first-order valence-electron chi connectivity index (χ1n) is 7.59. The molecule has 1 heterocycles. The van der Waals surface area contributed by atoms with Crippen LogP contribution in [0.25, 0.3) is 0 Å². The maximum atomic E-state index is 9.44. The van der Waals surface area contributed by atoms with Crippen molar-refractivity contribution in [3.63, 3.8) is 0 Å². The number of likely N-dealkylation sites (tertiary alicyclic amines) is 1. The van der Waals surface area contributed by atoms with Gasteiger partial charge in [0, 0.05) is 43.9 Å². The lowest BCUT2D eigenvalue weighted by Gasteiger charge is -2.35. The number of nitrogens with zero attached hydrogens (tertiary/aromatic N) is 1. The maximum absolute atomic E-state index is 9.44. The third kappa shape index (κ3) is 2.44. The average Bonchev–Trinajstić information content (AvgIpc) is 3.01. The molecule has 1 aliphatic heterocycles. The lowest BCUT2D eigenvalue weighted by molar-refractivity contribution is 0.178. The number of aliphatic hydroxyl groups is 1. The molecule has 3 atom stereocenters. The largest absolute Gasteiger partial charge is 0.396 e. The second-order valence-corrected chi connectivity index (χ2v) is 6.56. The summed E-state index contributed by atoms with van der Waals surface area (Å²) >= 11 is 0. The van der Waals surface area contributed by atoms with Crippen LogP contribution in [-0.4, -0.2) is 53.9 Å². The van der Waals surface area contributed by atoms with E-state index in [1.54, 1.807) is 0 Å². The molecule has 0 spiro atoms. The zero-order chi connectivity index (χ0) is 12.6. The molecule has 0 aromatic rings. The molecule has 0 radical (unpaired) electrons. The van der Waals surface area contributed by atoms with Gasteiger partial charge in [0.05, 0.1) is 0 Å². The fourth-order valence-electron chi connectivity index (χ4n) is 3.84. The third-order valence-electron chi connectivity index (χ3n) is 5.22. The van der Waals surface area contributed by atoms with Crippen molar-refractivity contribution in [3.05, 3.63) is 0 Å². The Hall–Kier alpha value is -0.160. The summed E-state index contributed by atoms with van der Waals surface area (Å²) in [6, 6.07) is 1.33. The monoisotopic (exact) mass is 253 g/mol. The quantitative estimate of drug-likeness (QED) is 0.659. The van der Waals surface area contributed by atoms with Crippen LogP contribution >= 0.6 is 0 Å². The number of aliphatic hydroxyl groups excluding tert-OH is 1. The number of rotatable bonds is 5. The van der Waals surface area contributed by atoms with Crippen molar-refractivity contribution in [2.75, 3.05) is 26.2 Å². The van der Waals surface area contributed by atoms with Gasteiger partial charge in [-0.3, -0.25) is 4.90 Å². The lowest BCUT2D eigenvalue weighted by atomic mass is 9.94. The molecular weight excluding hydrogens is 226 g/mol. The molecule has 18 heavy (non-hydrogen) atoms. The number of nitrogens with one attached hydrogen (secondary N) is 1. The predicted molar refractivity (Wildman–Crippen MR) is 72.3 cm³/mol. The molecule has 3 unspecified atom stereocenters. The van der Waals surface area contributed by atoms with Gasteiger partial charge >= 0.3 is 0 Å². The van der Waals surface area contributed by atoms with Gasteiger partial charge < -0.3 is 16.2 Å². The Balaban J connectivity index is 1.61. The summed E-state index contributed by atoms with van der Waals surface area (Å²) < 4.78 is 0. The van der Waals surface area contributed by atoms with Crippen molar-refractivity contribution in [2.24, 2.45) is 11.7 Å². The van der Waals surface area contributed by atoms with Crippen LogP contribution in [0.15, 0.2) is 0 Å². The van der Waals surface area contributed by atoms with E-state index in [9.17, 15) is 5.11 Å². The van der Waals surface area contributed by atoms with Crippen molar-refractivity contribution in [3.8, 4) is 0 Å². The van der Waals surface area contributed by atoms with Gasteiger partial charge in [-0.2, -0.15) is 0 Å². The highest BCUT2D eigenvalue weighted by atomic mass is 16.3. The molecule has 3 fully saturated rings. The fourth-order valence-corrected chi connectivity index (χ4v) is 3.84. The standard InChI is InChI=1S/C14H27N3O/c15-9-14(6-7-17(10-14)12-4-5-12)16-13-3-1-2-11(13)8-18/h11-13,16,18H,1-10,15H2. The van der Waals surface area contributed by atoms with Gasteiger partial charge in [-0.1, -0.05) is 6.42 Å². The molecule has 2 saturated carbocycles. The highest BCUT2D eigenvalue weighted by molar-refractivity contribution is 5.04. The zero-order valence-corrected chi connectivity index (χ0v) is 11.3. The SMILES string of the molecule is NCC1(NC2CCCC2CO)CCN(C2CC2)C1. The van der Waals surface area contributed by atoms with Crippen molar-refractivity contribution in [2.45, 2.75) is 56.1 Å². The molecule has 4 heteroatoms. The van der Waals surface area contributed by atoms with E-state index in [1.165, 1.54) is 45.1 Å². The minimum Gasteiger partial charge on any atom is -0.396 e. The number of hydrogen-bond donors (Lipinski definition) is 3. The second kappa shape index (κ2) is 5.08. The Morgan fingerprint density at radius 2 is 2.11 bits per heavy atom. The molecule has 3 rings (SSSR count). The van der Waals surface area contributed by atoms with Crippen molar-refractivity contribution >= 4 is 0 Å². The van der Waals surface area contributed by atoms with Crippen LogP contribution in [0.2, 0.25) is 0 Å². The average molecular weight is 253 g/mol. The smallest absolute Gasteiger partial charge is 0.0474 e. The van der Waals surface area contributed by atoms with Gasteiger partial charge in [-0.15, -0.1) is 0 Å². The topological polar surface area (TPSA) is 61.5 Å². The van der Waals surface area contributed by atoms with E-state index < -0.39 is 0 Å².